The van der Waals surface area contributed by atoms with Crippen molar-refractivity contribution in [3.8, 4) is 0 Å². The second-order valence-corrected chi connectivity index (χ2v) is 6.41. The summed E-state index contributed by atoms with van der Waals surface area (Å²) in [5.41, 5.74) is 7.15. The van der Waals surface area contributed by atoms with Gasteiger partial charge in [-0.1, -0.05) is 0 Å². The Bertz CT molecular complexity index is 883. The maximum absolute atomic E-state index is 12.5. The van der Waals surface area contributed by atoms with Crippen LogP contribution in [-0.4, -0.2) is 27.3 Å². The lowest BCUT2D eigenvalue weighted by atomic mass is 10.0. The molecule has 3 aromatic rings. The van der Waals surface area contributed by atoms with E-state index in [2.05, 4.69) is 9.97 Å². The maximum atomic E-state index is 12.5. The molecule has 0 saturated heterocycles. The van der Waals surface area contributed by atoms with Gasteiger partial charge in [0.1, 0.15) is 22.7 Å². The third-order valence-electron chi connectivity index (χ3n) is 3.90. The molecule has 0 unspecified atom stereocenters. The summed E-state index contributed by atoms with van der Waals surface area (Å²) in [4.78, 5) is 24.7. The van der Waals surface area contributed by atoms with Crippen LogP contribution < -0.4 is 5.73 Å². The van der Waals surface area contributed by atoms with Crippen LogP contribution in [0.25, 0.3) is 10.2 Å². The third kappa shape index (κ3) is 1.97. The molecule has 2 N–H and O–H groups in total. The van der Waals surface area contributed by atoms with Crippen molar-refractivity contribution in [1.29, 1.82) is 0 Å². The highest BCUT2D eigenvalue weighted by molar-refractivity contribution is 7.19. The van der Waals surface area contributed by atoms with Crippen LogP contribution in [0.4, 0.5) is 5.82 Å². The number of nitrogen functional groups attached to an aromatic ring is 1. The summed E-state index contributed by atoms with van der Waals surface area (Å²) in [6, 6.07) is 3.53. The molecule has 1 amide bonds. The zero-order chi connectivity index (χ0) is 15.3. The number of nitrogens with zero attached hydrogens (tertiary/aromatic N) is 3. The molecule has 0 atom stereocenters. The second-order valence-electron chi connectivity index (χ2n) is 5.33. The summed E-state index contributed by atoms with van der Waals surface area (Å²) in [7, 11) is 0. The molecule has 0 radical (unpaired) electrons. The molecule has 0 aliphatic carbocycles. The normalized spacial score (nSPS) is 14.3. The van der Waals surface area contributed by atoms with E-state index in [4.69, 9.17) is 10.2 Å². The largest absolute Gasteiger partial charge is 0.456 e. The molecular weight excluding hydrogens is 300 g/mol. The van der Waals surface area contributed by atoms with Crippen LogP contribution in [-0.2, 0) is 13.0 Å². The van der Waals surface area contributed by atoms with Gasteiger partial charge in [0.05, 0.1) is 11.9 Å². The van der Waals surface area contributed by atoms with E-state index in [9.17, 15) is 4.79 Å². The number of thiophene rings is 1. The quantitative estimate of drug-likeness (QED) is 0.745. The molecule has 0 spiro atoms. The predicted octanol–water partition coefficient (Wildman–Crippen LogP) is 2.37. The molecule has 4 rings (SSSR count). The topological polar surface area (TPSA) is 85.2 Å². The standard InChI is InChI=1S/C15H14N4O2S/c1-8-2-3-10(21-8)15(20)19-5-4-9-11(6-19)22-14-12(9)13(16)17-7-18-14/h2-3,7H,4-6H2,1H3,(H2,16,17,18). The van der Waals surface area contributed by atoms with Crippen molar-refractivity contribution in [2.24, 2.45) is 0 Å². The number of carbonyl (C=O) groups excluding carboxylic acids is 1. The molecular formula is C15H14N4O2S. The highest BCUT2D eigenvalue weighted by Crippen LogP contribution is 2.36. The van der Waals surface area contributed by atoms with Crippen LogP contribution >= 0.6 is 11.3 Å². The van der Waals surface area contributed by atoms with Gasteiger partial charge in [-0.15, -0.1) is 11.3 Å². The van der Waals surface area contributed by atoms with E-state index in [1.165, 1.54) is 11.9 Å². The molecule has 0 saturated carbocycles. The lowest BCUT2D eigenvalue weighted by molar-refractivity contribution is 0.0703. The number of nitrogens with two attached hydrogens (primary N) is 1. The van der Waals surface area contributed by atoms with Crippen molar-refractivity contribution >= 4 is 33.3 Å². The van der Waals surface area contributed by atoms with Crippen LogP contribution in [0.15, 0.2) is 22.9 Å². The number of fused-ring (bicyclic) bond motifs is 3. The Morgan fingerprint density at radius 3 is 3.05 bits per heavy atom. The minimum atomic E-state index is -0.0738. The molecule has 4 heterocycles. The zero-order valence-electron chi connectivity index (χ0n) is 12.0. The number of rotatable bonds is 1. The first-order valence-electron chi connectivity index (χ1n) is 7.00. The first-order chi connectivity index (χ1) is 10.6. The van der Waals surface area contributed by atoms with Crippen LogP contribution in [0.1, 0.15) is 26.8 Å². The van der Waals surface area contributed by atoms with E-state index in [-0.39, 0.29) is 5.91 Å². The number of carbonyl (C=O) groups is 1. The first-order valence-corrected chi connectivity index (χ1v) is 7.81. The minimum Gasteiger partial charge on any atom is -0.456 e. The average molecular weight is 314 g/mol. The number of anilines is 1. The summed E-state index contributed by atoms with van der Waals surface area (Å²) >= 11 is 1.58. The number of aromatic nitrogens is 2. The predicted molar refractivity (Wildman–Crippen MR) is 83.7 cm³/mol. The summed E-state index contributed by atoms with van der Waals surface area (Å²) in [5, 5.41) is 0.948. The Balaban J connectivity index is 1.68. The molecule has 0 aromatic carbocycles. The molecule has 1 aliphatic heterocycles. The third-order valence-corrected chi connectivity index (χ3v) is 5.03. The summed E-state index contributed by atoms with van der Waals surface area (Å²) in [5.74, 6) is 1.58. The molecule has 1 aliphatic rings. The summed E-state index contributed by atoms with van der Waals surface area (Å²) < 4.78 is 5.43. The van der Waals surface area contributed by atoms with Crippen LogP contribution in [0, 0.1) is 6.92 Å². The summed E-state index contributed by atoms with van der Waals surface area (Å²) in [6.45, 7) is 3.04. The first kappa shape index (κ1) is 13.3. The molecule has 0 fully saturated rings. The zero-order valence-corrected chi connectivity index (χ0v) is 12.8. The van der Waals surface area contributed by atoms with E-state index < -0.39 is 0 Å². The van der Waals surface area contributed by atoms with Gasteiger partial charge in [-0.05, 0) is 31.0 Å². The Hall–Kier alpha value is -2.41. The molecule has 22 heavy (non-hydrogen) atoms. The molecule has 0 bridgehead atoms. The molecule has 6 nitrogen and oxygen atoms in total. The van der Waals surface area contributed by atoms with Crippen molar-refractivity contribution in [2.45, 2.75) is 19.9 Å². The monoisotopic (exact) mass is 314 g/mol. The van der Waals surface area contributed by atoms with Crippen molar-refractivity contribution < 1.29 is 9.21 Å². The number of hydrogen-bond donors (Lipinski definition) is 1. The van der Waals surface area contributed by atoms with Crippen molar-refractivity contribution in [3.63, 3.8) is 0 Å². The number of aryl methyl sites for hydroxylation is 1. The number of hydrogen-bond acceptors (Lipinski definition) is 6. The van der Waals surface area contributed by atoms with Crippen LogP contribution in [0.3, 0.4) is 0 Å². The fraction of sp³-hybridized carbons (Fsp3) is 0.267. The fourth-order valence-corrected chi connectivity index (χ4v) is 4.04. The lowest BCUT2D eigenvalue weighted by Gasteiger charge is -2.26. The summed E-state index contributed by atoms with van der Waals surface area (Å²) in [6.07, 6.45) is 2.24. The van der Waals surface area contributed by atoms with Crippen molar-refractivity contribution in [1.82, 2.24) is 14.9 Å². The number of amides is 1. The lowest BCUT2D eigenvalue weighted by Crippen LogP contribution is -2.35. The van der Waals surface area contributed by atoms with Gasteiger partial charge in [-0.2, -0.15) is 0 Å². The van der Waals surface area contributed by atoms with Gasteiger partial charge in [0, 0.05) is 11.4 Å². The Labute approximate surface area is 130 Å². The fourth-order valence-electron chi connectivity index (χ4n) is 2.83. The van der Waals surface area contributed by atoms with Gasteiger partial charge < -0.3 is 15.1 Å². The minimum absolute atomic E-state index is 0.0738. The van der Waals surface area contributed by atoms with Gasteiger partial charge in [0.25, 0.3) is 5.91 Å². The molecule has 112 valence electrons. The highest BCUT2D eigenvalue weighted by Gasteiger charge is 2.27. The Kier molecular flexibility index (Phi) is 2.90. The van der Waals surface area contributed by atoms with Crippen LogP contribution in [0.5, 0.6) is 0 Å². The second kappa shape index (κ2) is 4.81. The van der Waals surface area contributed by atoms with Gasteiger partial charge in [-0.3, -0.25) is 4.79 Å². The van der Waals surface area contributed by atoms with Crippen molar-refractivity contribution in [3.05, 3.63) is 40.4 Å². The van der Waals surface area contributed by atoms with E-state index >= 15 is 0 Å². The van der Waals surface area contributed by atoms with Crippen molar-refractivity contribution in [2.75, 3.05) is 12.3 Å². The van der Waals surface area contributed by atoms with E-state index in [0.29, 0.717) is 24.7 Å². The van der Waals surface area contributed by atoms with Crippen LogP contribution in [0.2, 0.25) is 0 Å². The molecule has 7 heteroatoms. The van der Waals surface area contributed by atoms with E-state index in [0.717, 1.165) is 27.3 Å². The average Bonchev–Trinajstić information content (AvgIpc) is 3.09. The van der Waals surface area contributed by atoms with Gasteiger partial charge >= 0.3 is 0 Å². The SMILES string of the molecule is Cc1ccc(C(=O)N2CCc3c(sc4ncnc(N)c34)C2)o1. The van der Waals surface area contributed by atoms with Gasteiger partial charge in [0.2, 0.25) is 0 Å². The van der Waals surface area contributed by atoms with E-state index in [1.807, 2.05) is 6.92 Å². The van der Waals surface area contributed by atoms with Gasteiger partial charge in [-0.25, -0.2) is 9.97 Å². The maximum Gasteiger partial charge on any atom is 0.289 e. The smallest absolute Gasteiger partial charge is 0.289 e. The Morgan fingerprint density at radius 2 is 2.27 bits per heavy atom. The number of furan rings is 1. The molecule has 3 aromatic heterocycles. The van der Waals surface area contributed by atoms with E-state index in [1.54, 1.807) is 28.4 Å². The van der Waals surface area contributed by atoms with Gasteiger partial charge in [0.15, 0.2) is 5.76 Å². The highest BCUT2D eigenvalue weighted by atomic mass is 32.1. The Morgan fingerprint density at radius 1 is 1.41 bits per heavy atom.